The second kappa shape index (κ2) is 8.41. The van der Waals surface area contributed by atoms with Crippen molar-refractivity contribution in [3.05, 3.63) is 35.1 Å². The first-order valence-corrected chi connectivity index (χ1v) is 7.05. The van der Waals surface area contributed by atoms with E-state index >= 15 is 0 Å². The van der Waals surface area contributed by atoms with Crippen molar-refractivity contribution in [1.29, 1.82) is 0 Å². The average molecular weight is 316 g/mol. The summed E-state index contributed by atoms with van der Waals surface area (Å²) in [7, 11) is 0. The number of nitrogens with one attached hydrogen (secondary N) is 1. The van der Waals surface area contributed by atoms with Gasteiger partial charge in [-0.3, -0.25) is 9.59 Å². The Morgan fingerprint density at radius 3 is 2.41 bits per heavy atom. The molecule has 0 saturated heterocycles. The molecule has 0 radical (unpaired) electrons. The Kier molecular flexibility index (Phi) is 6.88. The summed E-state index contributed by atoms with van der Waals surface area (Å²) in [6, 6.07) is 1.57. The summed E-state index contributed by atoms with van der Waals surface area (Å²) in [4.78, 5) is 24.7. The SMILES string of the molecule is CCCCN(CCNC(=O)c1ccc(F)c(F)c1F)C(C)=O. The lowest BCUT2D eigenvalue weighted by atomic mass is 10.2. The van der Waals surface area contributed by atoms with Crippen LogP contribution in [0.25, 0.3) is 0 Å². The second-order valence-electron chi connectivity index (χ2n) is 4.84. The largest absolute Gasteiger partial charge is 0.350 e. The molecule has 0 fully saturated rings. The first kappa shape index (κ1) is 18.0. The van der Waals surface area contributed by atoms with E-state index in [4.69, 9.17) is 0 Å². The van der Waals surface area contributed by atoms with E-state index in [0.717, 1.165) is 18.9 Å². The van der Waals surface area contributed by atoms with Crippen LogP contribution in [0.2, 0.25) is 0 Å². The van der Waals surface area contributed by atoms with Gasteiger partial charge in [0.25, 0.3) is 5.91 Å². The van der Waals surface area contributed by atoms with Crippen molar-refractivity contribution in [3.63, 3.8) is 0 Å². The fourth-order valence-corrected chi connectivity index (χ4v) is 1.88. The molecule has 1 N–H and O–H groups in total. The van der Waals surface area contributed by atoms with Crippen molar-refractivity contribution < 1.29 is 22.8 Å². The first-order chi connectivity index (χ1) is 10.4. The minimum absolute atomic E-state index is 0.0978. The Morgan fingerprint density at radius 1 is 1.14 bits per heavy atom. The Labute approximate surface area is 127 Å². The summed E-state index contributed by atoms with van der Waals surface area (Å²) in [5.74, 6) is -5.53. The number of halogens is 3. The monoisotopic (exact) mass is 316 g/mol. The van der Waals surface area contributed by atoms with Crippen LogP contribution >= 0.6 is 0 Å². The zero-order valence-corrected chi connectivity index (χ0v) is 12.6. The Hall–Kier alpha value is -2.05. The normalized spacial score (nSPS) is 10.4. The molecule has 0 unspecified atom stereocenters. The van der Waals surface area contributed by atoms with E-state index in [0.29, 0.717) is 12.6 Å². The Morgan fingerprint density at radius 2 is 1.82 bits per heavy atom. The molecule has 0 spiro atoms. The van der Waals surface area contributed by atoms with Gasteiger partial charge >= 0.3 is 0 Å². The van der Waals surface area contributed by atoms with Gasteiger partial charge in [0.1, 0.15) is 0 Å². The summed E-state index contributed by atoms with van der Waals surface area (Å²) < 4.78 is 39.3. The van der Waals surface area contributed by atoms with Crippen molar-refractivity contribution in [2.75, 3.05) is 19.6 Å². The molecule has 0 saturated carbocycles. The van der Waals surface area contributed by atoms with Crippen molar-refractivity contribution in [3.8, 4) is 0 Å². The molecule has 22 heavy (non-hydrogen) atoms. The van der Waals surface area contributed by atoms with Crippen molar-refractivity contribution in [2.45, 2.75) is 26.7 Å². The fraction of sp³-hybridized carbons (Fsp3) is 0.467. The van der Waals surface area contributed by atoms with Gasteiger partial charge in [-0.25, -0.2) is 13.2 Å². The molecule has 1 aromatic rings. The summed E-state index contributed by atoms with van der Waals surface area (Å²) in [5.41, 5.74) is -0.568. The van der Waals surface area contributed by atoms with Crippen LogP contribution in [0.1, 0.15) is 37.0 Å². The van der Waals surface area contributed by atoms with Crippen molar-refractivity contribution in [1.82, 2.24) is 10.2 Å². The topological polar surface area (TPSA) is 49.4 Å². The maximum Gasteiger partial charge on any atom is 0.254 e. The summed E-state index contributed by atoms with van der Waals surface area (Å²) in [6.45, 7) is 4.35. The molecule has 0 heterocycles. The van der Waals surface area contributed by atoms with E-state index in [1.807, 2.05) is 6.92 Å². The number of amides is 2. The van der Waals surface area contributed by atoms with Gasteiger partial charge < -0.3 is 10.2 Å². The van der Waals surface area contributed by atoms with Crippen LogP contribution in [0.4, 0.5) is 13.2 Å². The van der Waals surface area contributed by atoms with Gasteiger partial charge in [0.2, 0.25) is 5.91 Å². The van der Waals surface area contributed by atoms with Gasteiger partial charge in [0, 0.05) is 26.6 Å². The van der Waals surface area contributed by atoms with Gasteiger partial charge in [-0.15, -0.1) is 0 Å². The van der Waals surface area contributed by atoms with Gasteiger partial charge in [-0.1, -0.05) is 13.3 Å². The molecule has 7 heteroatoms. The van der Waals surface area contributed by atoms with Crippen LogP contribution in [0.3, 0.4) is 0 Å². The molecule has 0 aliphatic carbocycles. The highest BCUT2D eigenvalue weighted by Gasteiger charge is 2.18. The third-order valence-electron chi connectivity index (χ3n) is 3.17. The molecule has 1 rings (SSSR count). The molecule has 4 nitrogen and oxygen atoms in total. The molecular weight excluding hydrogens is 297 g/mol. The van der Waals surface area contributed by atoms with Crippen LogP contribution in [-0.2, 0) is 4.79 Å². The lowest BCUT2D eigenvalue weighted by molar-refractivity contribution is -0.128. The highest BCUT2D eigenvalue weighted by Crippen LogP contribution is 2.14. The first-order valence-electron chi connectivity index (χ1n) is 7.05. The lowest BCUT2D eigenvalue weighted by Gasteiger charge is -2.21. The predicted octanol–water partition coefficient (Wildman–Crippen LogP) is 2.48. The number of carbonyl (C=O) groups is 2. The van der Waals surface area contributed by atoms with Gasteiger partial charge in [0.15, 0.2) is 17.5 Å². The van der Waals surface area contributed by atoms with E-state index in [2.05, 4.69) is 5.32 Å². The van der Waals surface area contributed by atoms with Crippen LogP contribution < -0.4 is 5.32 Å². The number of rotatable bonds is 7. The van der Waals surface area contributed by atoms with E-state index in [1.165, 1.54) is 6.92 Å². The molecular formula is C15H19F3N2O2. The quantitative estimate of drug-likeness (QED) is 0.786. The summed E-state index contributed by atoms with van der Waals surface area (Å²) in [6.07, 6.45) is 1.77. The van der Waals surface area contributed by atoms with E-state index in [-0.39, 0.29) is 19.0 Å². The third kappa shape index (κ3) is 4.75. The standard InChI is InChI=1S/C15H19F3N2O2/c1-3-4-8-20(10(2)21)9-7-19-15(22)11-5-6-12(16)14(18)13(11)17/h5-6H,3-4,7-9H2,1-2H3,(H,19,22). The number of unbranched alkanes of at least 4 members (excludes halogenated alkanes) is 1. The van der Waals surface area contributed by atoms with E-state index in [1.54, 1.807) is 4.90 Å². The van der Waals surface area contributed by atoms with Crippen molar-refractivity contribution >= 4 is 11.8 Å². The van der Waals surface area contributed by atoms with Crippen LogP contribution in [0.5, 0.6) is 0 Å². The van der Waals surface area contributed by atoms with E-state index in [9.17, 15) is 22.8 Å². The highest BCUT2D eigenvalue weighted by atomic mass is 19.2. The Balaban J connectivity index is 2.59. The zero-order chi connectivity index (χ0) is 16.7. The lowest BCUT2D eigenvalue weighted by Crippen LogP contribution is -2.38. The molecule has 1 aromatic carbocycles. The molecule has 0 bridgehead atoms. The zero-order valence-electron chi connectivity index (χ0n) is 12.6. The molecule has 2 amide bonds. The maximum atomic E-state index is 13.5. The highest BCUT2D eigenvalue weighted by molar-refractivity contribution is 5.94. The van der Waals surface area contributed by atoms with Crippen molar-refractivity contribution in [2.24, 2.45) is 0 Å². The number of nitrogens with zero attached hydrogens (tertiary/aromatic N) is 1. The maximum absolute atomic E-state index is 13.5. The number of hydrogen-bond acceptors (Lipinski definition) is 2. The molecule has 0 atom stereocenters. The predicted molar refractivity (Wildman–Crippen MR) is 75.8 cm³/mol. The molecule has 122 valence electrons. The summed E-state index contributed by atoms with van der Waals surface area (Å²) in [5, 5.41) is 2.39. The van der Waals surface area contributed by atoms with E-state index < -0.39 is 28.9 Å². The van der Waals surface area contributed by atoms with Gasteiger partial charge in [-0.05, 0) is 18.6 Å². The number of benzene rings is 1. The Bertz CT molecular complexity index is 550. The van der Waals surface area contributed by atoms with Crippen LogP contribution in [0, 0.1) is 17.5 Å². The smallest absolute Gasteiger partial charge is 0.254 e. The molecule has 0 aromatic heterocycles. The minimum Gasteiger partial charge on any atom is -0.350 e. The number of hydrogen-bond donors (Lipinski definition) is 1. The molecule has 0 aliphatic heterocycles. The second-order valence-corrected chi connectivity index (χ2v) is 4.84. The number of carbonyl (C=O) groups excluding carboxylic acids is 2. The molecule has 0 aliphatic rings. The minimum atomic E-state index is -1.68. The van der Waals surface area contributed by atoms with Crippen LogP contribution in [0.15, 0.2) is 12.1 Å². The third-order valence-corrected chi connectivity index (χ3v) is 3.17. The van der Waals surface area contributed by atoms with Gasteiger partial charge in [0.05, 0.1) is 5.56 Å². The fourth-order valence-electron chi connectivity index (χ4n) is 1.88. The van der Waals surface area contributed by atoms with Crippen LogP contribution in [-0.4, -0.2) is 36.3 Å². The average Bonchev–Trinajstić information content (AvgIpc) is 2.47. The summed E-state index contributed by atoms with van der Waals surface area (Å²) >= 11 is 0. The van der Waals surface area contributed by atoms with Gasteiger partial charge in [-0.2, -0.15) is 0 Å².